The predicted molar refractivity (Wildman–Crippen MR) is 105 cm³/mol. The first-order valence-electron chi connectivity index (χ1n) is 8.64. The molecule has 0 fully saturated rings. The highest BCUT2D eigenvalue weighted by molar-refractivity contribution is 5.84. The maximum absolute atomic E-state index is 9.33. The number of phenols is 1. The van der Waals surface area contributed by atoms with E-state index in [1.54, 1.807) is 12.1 Å². The summed E-state index contributed by atoms with van der Waals surface area (Å²) in [6.45, 7) is 2.94. The van der Waals surface area contributed by atoms with Crippen molar-refractivity contribution in [2.75, 3.05) is 27.2 Å². The molecule has 4 heteroatoms. The van der Waals surface area contributed by atoms with Gasteiger partial charge in [0.05, 0.1) is 12.8 Å². The van der Waals surface area contributed by atoms with Gasteiger partial charge in [-0.3, -0.25) is 5.01 Å². The third-order valence-corrected chi connectivity index (χ3v) is 4.27. The van der Waals surface area contributed by atoms with E-state index in [2.05, 4.69) is 59.5 Å². The van der Waals surface area contributed by atoms with Crippen molar-refractivity contribution in [2.45, 2.75) is 13.0 Å². The van der Waals surface area contributed by atoms with Crippen LogP contribution in [0.3, 0.4) is 0 Å². The number of rotatable bonds is 6. The van der Waals surface area contributed by atoms with E-state index >= 15 is 0 Å². The summed E-state index contributed by atoms with van der Waals surface area (Å²) in [6.07, 6.45) is 7.22. The third kappa shape index (κ3) is 4.94. The summed E-state index contributed by atoms with van der Waals surface area (Å²) in [5.74, 6) is 0.289. The molecule has 2 aromatic rings. The average Bonchev–Trinajstić information content (AvgIpc) is 2.61. The van der Waals surface area contributed by atoms with Crippen molar-refractivity contribution in [3.63, 3.8) is 0 Å². The maximum atomic E-state index is 9.33. The van der Waals surface area contributed by atoms with E-state index in [4.69, 9.17) is 0 Å². The number of nitrogens with zero attached hydrogens (tertiary/aromatic N) is 3. The van der Waals surface area contributed by atoms with Crippen molar-refractivity contribution in [3.8, 4) is 5.75 Å². The van der Waals surface area contributed by atoms with Gasteiger partial charge in [-0.2, -0.15) is 5.10 Å². The Bertz CT molecular complexity index is 763. The van der Waals surface area contributed by atoms with Gasteiger partial charge in [0.15, 0.2) is 0 Å². The van der Waals surface area contributed by atoms with Gasteiger partial charge in [0.2, 0.25) is 0 Å². The molecular weight excluding hydrogens is 310 g/mol. The van der Waals surface area contributed by atoms with Crippen LogP contribution in [0.2, 0.25) is 0 Å². The van der Waals surface area contributed by atoms with Crippen molar-refractivity contribution in [1.29, 1.82) is 0 Å². The van der Waals surface area contributed by atoms with E-state index < -0.39 is 0 Å². The summed E-state index contributed by atoms with van der Waals surface area (Å²) in [4.78, 5) is 2.20. The van der Waals surface area contributed by atoms with Crippen molar-refractivity contribution >= 4 is 18.4 Å². The molecule has 3 rings (SSSR count). The lowest BCUT2D eigenvalue weighted by Crippen LogP contribution is -2.25. The molecule has 1 aliphatic heterocycles. The minimum absolute atomic E-state index is 0.289. The zero-order valence-corrected chi connectivity index (χ0v) is 14.9. The zero-order valence-electron chi connectivity index (χ0n) is 14.9. The first-order chi connectivity index (χ1) is 12.1. The molecular formula is C21H25N3O. The van der Waals surface area contributed by atoms with Crippen molar-refractivity contribution in [1.82, 2.24) is 9.91 Å². The monoisotopic (exact) mass is 335 g/mol. The van der Waals surface area contributed by atoms with Gasteiger partial charge in [-0.15, -0.1) is 0 Å². The molecule has 0 aromatic heterocycles. The van der Waals surface area contributed by atoms with Crippen LogP contribution in [-0.4, -0.2) is 48.4 Å². The fourth-order valence-corrected chi connectivity index (χ4v) is 2.85. The molecule has 25 heavy (non-hydrogen) atoms. The van der Waals surface area contributed by atoms with Crippen LogP contribution in [0, 0.1) is 0 Å². The van der Waals surface area contributed by atoms with Gasteiger partial charge >= 0.3 is 0 Å². The standard InChI is InChI=1S/C21H25N3O/c1-23(2)12-3-13-24-16-19-9-6-18(14-20(19)15-22-24)5-4-17-7-10-21(25)11-8-17/h4-11,14-15,25H,3,12-13,16H2,1-2H3/b5-4+. The van der Waals surface area contributed by atoms with Crippen LogP contribution in [0.15, 0.2) is 47.6 Å². The summed E-state index contributed by atoms with van der Waals surface area (Å²) in [7, 11) is 4.20. The molecule has 0 atom stereocenters. The molecule has 0 saturated carbocycles. The third-order valence-electron chi connectivity index (χ3n) is 4.27. The van der Waals surface area contributed by atoms with Crippen LogP contribution in [0.5, 0.6) is 5.75 Å². The highest BCUT2D eigenvalue weighted by Crippen LogP contribution is 2.19. The summed E-state index contributed by atoms with van der Waals surface area (Å²) >= 11 is 0. The fourth-order valence-electron chi connectivity index (χ4n) is 2.85. The van der Waals surface area contributed by atoms with E-state index in [0.29, 0.717) is 0 Å². The predicted octanol–water partition coefficient (Wildman–Crippen LogP) is 3.66. The van der Waals surface area contributed by atoms with Gasteiger partial charge in [-0.1, -0.05) is 36.4 Å². The smallest absolute Gasteiger partial charge is 0.115 e. The van der Waals surface area contributed by atoms with Crippen LogP contribution in [0.25, 0.3) is 12.2 Å². The SMILES string of the molecule is CN(C)CCCN1Cc2ccc(/C=C/c3ccc(O)cc3)cc2C=N1. The van der Waals surface area contributed by atoms with Gasteiger partial charge < -0.3 is 10.0 Å². The first-order valence-corrected chi connectivity index (χ1v) is 8.64. The number of fused-ring (bicyclic) bond motifs is 1. The van der Waals surface area contributed by atoms with E-state index in [1.807, 2.05) is 18.3 Å². The Morgan fingerprint density at radius 1 is 1.08 bits per heavy atom. The Labute approximate surface area is 149 Å². The lowest BCUT2D eigenvalue weighted by atomic mass is 10.0. The lowest BCUT2D eigenvalue weighted by molar-refractivity contribution is 0.256. The highest BCUT2D eigenvalue weighted by Gasteiger charge is 2.11. The van der Waals surface area contributed by atoms with Crippen LogP contribution in [-0.2, 0) is 6.54 Å². The molecule has 0 aliphatic carbocycles. The molecule has 0 spiro atoms. The molecule has 0 radical (unpaired) electrons. The van der Waals surface area contributed by atoms with Gasteiger partial charge in [0, 0.05) is 12.1 Å². The van der Waals surface area contributed by atoms with Gasteiger partial charge in [-0.25, -0.2) is 0 Å². The number of hydrogen-bond acceptors (Lipinski definition) is 4. The first kappa shape index (κ1) is 17.2. The molecule has 1 N–H and O–H groups in total. The second-order valence-electron chi connectivity index (χ2n) is 6.67. The Balaban J connectivity index is 1.63. The van der Waals surface area contributed by atoms with Gasteiger partial charge in [-0.05, 0) is 62.0 Å². The van der Waals surface area contributed by atoms with E-state index in [1.165, 1.54) is 11.1 Å². The average molecular weight is 335 g/mol. The molecule has 130 valence electrons. The van der Waals surface area contributed by atoms with E-state index in [-0.39, 0.29) is 5.75 Å². The number of hydrazone groups is 1. The van der Waals surface area contributed by atoms with Gasteiger partial charge in [0.1, 0.15) is 5.75 Å². The summed E-state index contributed by atoms with van der Waals surface area (Å²) in [6, 6.07) is 13.7. The highest BCUT2D eigenvalue weighted by atomic mass is 16.3. The van der Waals surface area contributed by atoms with E-state index in [0.717, 1.165) is 37.2 Å². The van der Waals surface area contributed by atoms with Crippen LogP contribution >= 0.6 is 0 Å². The summed E-state index contributed by atoms with van der Waals surface area (Å²) in [5, 5.41) is 16.0. The zero-order chi connectivity index (χ0) is 17.6. The number of hydrogen-bond donors (Lipinski definition) is 1. The number of phenolic OH excluding ortho intramolecular Hbond substituents is 1. The minimum Gasteiger partial charge on any atom is -0.508 e. The minimum atomic E-state index is 0.289. The molecule has 0 amide bonds. The van der Waals surface area contributed by atoms with Gasteiger partial charge in [0.25, 0.3) is 0 Å². The van der Waals surface area contributed by atoms with Crippen molar-refractivity contribution in [3.05, 3.63) is 64.7 Å². The molecule has 0 saturated heterocycles. The van der Waals surface area contributed by atoms with Crippen LogP contribution in [0.1, 0.15) is 28.7 Å². The molecule has 0 bridgehead atoms. The van der Waals surface area contributed by atoms with Crippen LogP contribution < -0.4 is 0 Å². The molecule has 4 nitrogen and oxygen atoms in total. The molecule has 1 heterocycles. The lowest BCUT2D eigenvalue weighted by Gasteiger charge is -2.24. The number of benzene rings is 2. The molecule has 0 unspecified atom stereocenters. The summed E-state index contributed by atoms with van der Waals surface area (Å²) in [5.41, 5.74) is 4.73. The Hall–Kier alpha value is -2.59. The summed E-state index contributed by atoms with van der Waals surface area (Å²) < 4.78 is 0. The Kier molecular flexibility index (Phi) is 5.51. The normalized spacial score (nSPS) is 13.6. The maximum Gasteiger partial charge on any atom is 0.115 e. The van der Waals surface area contributed by atoms with E-state index in [9.17, 15) is 5.11 Å². The fraction of sp³-hybridized carbons (Fsp3) is 0.286. The quantitative estimate of drug-likeness (QED) is 0.819. The second kappa shape index (κ2) is 7.99. The van der Waals surface area contributed by atoms with Crippen LogP contribution in [0.4, 0.5) is 0 Å². The topological polar surface area (TPSA) is 39.1 Å². The Morgan fingerprint density at radius 3 is 2.56 bits per heavy atom. The largest absolute Gasteiger partial charge is 0.508 e. The van der Waals surface area contributed by atoms with Crippen molar-refractivity contribution in [2.24, 2.45) is 5.10 Å². The van der Waals surface area contributed by atoms with Crippen molar-refractivity contribution < 1.29 is 5.11 Å². The molecule has 1 aliphatic rings. The molecule has 2 aromatic carbocycles. The second-order valence-corrected chi connectivity index (χ2v) is 6.67. The number of aromatic hydroxyl groups is 1. The Morgan fingerprint density at radius 2 is 1.80 bits per heavy atom.